The van der Waals surface area contributed by atoms with Gasteiger partial charge in [0, 0.05) is 18.7 Å². The van der Waals surface area contributed by atoms with Gasteiger partial charge in [0.15, 0.2) is 0 Å². The lowest BCUT2D eigenvalue weighted by molar-refractivity contribution is -0.137. The van der Waals surface area contributed by atoms with E-state index in [1.165, 1.54) is 6.07 Å². The Morgan fingerprint density at radius 1 is 1.12 bits per heavy atom. The van der Waals surface area contributed by atoms with Crippen LogP contribution in [-0.2, 0) is 17.5 Å². The Kier molecular flexibility index (Phi) is 8.41. The van der Waals surface area contributed by atoms with Crippen molar-refractivity contribution in [3.63, 3.8) is 0 Å². The number of anilines is 1. The number of nitrogens with one attached hydrogen (secondary N) is 1. The monoisotopic (exact) mass is 388 g/mol. The van der Waals surface area contributed by atoms with Gasteiger partial charge in [-0.05, 0) is 42.3 Å². The molecule has 0 atom stereocenters. The number of carbonyl (C=O) groups is 1. The maximum absolute atomic E-state index is 12.9. The molecule has 0 saturated carbocycles. The molecular weight excluding hydrogens is 369 g/mol. The fraction of sp³-hybridized carbons (Fsp3) is 0.278. The molecule has 0 aromatic heterocycles. The van der Waals surface area contributed by atoms with Crippen molar-refractivity contribution in [2.45, 2.75) is 25.6 Å². The van der Waals surface area contributed by atoms with Crippen LogP contribution in [0.5, 0.6) is 5.75 Å². The van der Waals surface area contributed by atoms with Crippen molar-refractivity contribution in [2.75, 3.05) is 11.9 Å². The number of alkyl halides is 3. The van der Waals surface area contributed by atoms with Gasteiger partial charge in [0.2, 0.25) is 5.91 Å². The van der Waals surface area contributed by atoms with Crippen LogP contribution in [0.25, 0.3) is 0 Å². The van der Waals surface area contributed by atoms with E-state index in [2.05, 4.69) is 5.32 Å². The van der Waals surface area contributed by atoms with E-state index in [0.717, 1.165) is 12.1 Å². The summed E-state index contributed by atoms with van der Waals surface area (Å²) in [6, 6.07) is 12.5. The normalized spacial score (nSPS) is 10.8. The van der Waals surface area contributed by atoms with Gasteiger partial charge in [-0.2, -0.15) is 13.2 Å². The summed E-state index contributed by atoms with van der Waals surface area (Å²) in [6.45, 7) is 0.297. The first-order valence-electron chi connectivity index (χ1n) is 7.77. The summed E-state index contributed by atoms with van der Waals surface area (Å²) in [5.74, 6) is 0.326. The number of para-hydroxylation sites is 1. The first-order chi connectivity index (χ1) is 11.9. The summed E-state index contributed by atoms with van der Waals surface area (Å²) in [7, 11) is 0. The number of ether oxygens (including phenoxy) is 1. The molecule has 0 unspecified atom stereocenters. The number of halogens is 4. The van der Waals surface area contributed by atoms with Crippen LogP contribution in [0.15, 0.2) is 48.5 Å². The van der Waals surface area contributed by atoms with Crippen LogP contribution in [0, 0.1) is 0 Å². The highest BCUT2D eigenvalue weighted by molar-refractivity contribution is 5.90. The lowest BCUT2D eigenvalue weighted by atomic mass is 10.1. The smallest absolute Gasteiger partial charge is 0.416 e. The summed E-state index contributed by atoms with van der Waals surface area (Å²) in [5.41, 5.74) is 4.97. The van der Waals surface area contributed by atoms with Gasteiger partial charge in [0.25, 0.3) is 0 Å². The Bertz CT molecular complexity index is 709. The Balaban J connectivity index is 0.00000338. The zero-order valence-electron chi connectivity index (χ0n) is 13.9. The molecule has 2 aromatic rings. The second-order valence-corrected chi connectivity index (χ2v) is 5.43. The van der Waals surface area contributed by atoms with E-state index in [-0.39, 0.29) is 37.0 Å². The molecule has 1 amide bonds. The van der Waals surface area contributed by atoms with E-state index in [9.17, 15) is 18.0 Å². The van der Waals surface area contributed by atoms with Gasteiger partial charge < -0.3 is 15.8 Å². The zero-order valence-corrected chi connectivity index (χ0v) is 14.7. The van der Waals surface area contributed by atoms with Crippen molar-refractivity contribution in [3.05, 3.63) is 59.7 Å². The van der Waals surface area contributed by atoms with Crippen LogP contribution in [-0.4, -0.2) is 12.5 Å². The SMILES string of the molecule is Cl.NCc1cc(NC(=O)CCCOc2ccccc2)cc(C(F)(F)F)c1. The highest BCUT2D eigenvalue weighted by Crippen LogP contribution is 2.32. The van der Waals surface area contributed by atoms with E-state index in [4.69, 9.17) is 10.5 Å². The fourth-order valence-corrected chi connectivity index (χ4v) is 2.21. The number of hydrogen-bond acceptors (Lipinski definition) is 3. The average Bonchev–Trinajstić information content (AvgIpc) is 2.58. The summed E-state index contributed by atoms with van der Waals surface area (Å²) >= 11 is 0. The maximum Gasteiger partial charge on any atom is 0.416 e. The number of benzene rings is 2. The first kappa shape index (κ1) is 21.8. The molecule has 3 N–H and O–H groups in total. The van der Waals surface area contributed by atoms with Crippen LogP contribution in [0.4, 0.5) is 18.9 Å². The predicted molar refractivity (Wildman–Crippen MR) is 96.4 cm³/mol. The molecule has 0 fully saturated rings. The maximum atomic E-state index is 12.9. The molecule has 142 valence electrons. The highest BCUT2D eigenvalue weighted by atomic mass is 35.5. The summed E-state index contributed by atoms with van der Waals surface area (Å²) in [6.07, 6.45) is -3.90. The van der Waals surface area contributed by atoms with Gasteiger partial charge in [-0.25, -0.2) is 0 Å². The van der Waals surface area contributed by atoms with Crippen molar-refractivity contribution in [1.29, 1.82) is 0 Å². The lowest BCUT2D eigenvalue weighted by Crippen LogP contribution is -2.15. The van der Waals surface area contributed by atoms with Crippen molar-refractivity contribution in [2.24, 2.45) is 5.73 Å². The minimum Gasteiger partial charge on any atom is -0.494 e. The molecule has 8 heteroatoms. The molecule has 26 heavy (non-hydrogen) atoms. The molecule has 0 bridgehead atoms. The van der Waals surface area contributed by atoms with Crippen molar-refractivity contribution in [3.8, 4) is 5.75 Å². The lowest BCUT2D eigenvalue weighted by Gasteiger charge is -2.12. The molecule has 4 nitrogen and oxygen atoms in total. The molecule has 2 aromatic carbocycles. The van der Waals surface area contributed by atoms with E-state index in [1.54, 1.807) is 12.1 Å². The van der Waals surface area contributed by atoms with Gasteiger partial charge in [-0.3, -0.25) is 4.79 Å². The van der Waals surface area contributed by atoms with Crippen molar-refractivity contribution in [1.82, 2.24) is 0 Å². The topological polar surface area (TPSA) is 64.3 Å². The molecule has 0 spiro atoms. The standard InChI is InChI=1S/C18H19F3N2O2.ClH/c19-18(20,21)14-9-13(12-22)10-15(11-14)23-17(24)7-4-8-25-16-5-2-1-3-6-16;/h1-3,5-6,9-11H,4,7-8,12,22H2,(H,23,24);1H. The number of hydrogen-bond donors (Lipinski definition) is 2. The van der Waals surface area contributed by atoms with Crippen molar-refractivity contribution >= 4 is 24.0 Å². The minimum atomic E-state index is -4.49. The molecule has 0 aliphatic rings. The summed E-state index contributed by atoms with van der Waals surface area (Å²) in [4.78, 5) is 11.9. The fourth-order valence-electron chi connectivity index (χ4n) is 2.21. The third-order valence-corrected chi connectivity index (χ3v) is 3.40. The van der Waals surface area contributed by atoms with Crippen LogP contribution >= 0.6 is 12.4 Å². The van der Waals surface area contributed by atoms with E-state index in [1.807, 2.05) is 18.2 Å². The van der Waals surface area contributed by atoms with Crippen LogP contribution in [0.3, 0.4) is 0 Å². The quantitative estimate of drug-likeness (QED) is 0.692. The molecule has 2 rings (SSSR count). The van der Waals surface area contributed by atoms with Crippen LogP contribution in [0.2, 0.25) is 0 Å². The third-order valence-electron chi connectivity index (χ3n) is 3.40. The Morgan fingerprint density at radius 2 is 1.81 bits per heavy atom. The Labute approximate surface area is 155 Å². The number of rotatable bonds is 7. The minimum absolute atomic E-state index is 0. The molecule has 0 radical (unpaired) electrons. The average molecular weight is 389 g/mol. The van der Waals surface area contributed by atoms with Crippen molar-refractivity contribution < 1.29 is 22.7 Å². The van der Waals surface area contributed by atoms with Gasteiger partial charge in [0.1, 0.15) is 5.75 Å². The summed E-state index contributed by atoms with van der Waals surface area (Å²) < 4.78 is 44.0. The first-order valence-corrected chi connectivity index (χ1v) is 7.77. The van der Waals surface area contributed by atoms with Gasteiger partial charge >= 0.3 is 6.18 Å². The Hall–Kier alpha value is -2.25. The van der Waals surface area contributed by atoms with Gasteiger partial charge in [-0.15, -0.1) is 12.4 Å². The molecular formula is C18H20ClF3N2O2. The number of nitrogens with two attached hydrogens (primary N) is 1. The highest BCUT2D eigenvalue weighted by Gasteiger charge is 2.31. The molecule has 0 saturated heterocycles. The van der Waals surface area contributed by atoms with Crippen LogP contribution < -0.4 is 15.8 Å². The van der Waals surface area contributed by atoms with E-state index in [0.29, 0.717) is 24.3 Å². The van der Waals surface area contributed by atoms with Gasteiger partial charge in [0.05, 0.1) is 12.2 Å². The third kappa shape index (κ3) is 6.93. The molecule has 0 heterocycles. The van der Waals surface area contributed by atoms with Crippen LogP contribution in [0.1, 0.15) is 24.0 Å². The number of carbonyl (C=O) groups excluding carboxylic acids is 1. The van der Waals surface area contributed by atoms with Gasteiger partial charge in [-0.1, -0.05) is 18.2 Å². The Morgan fingerprint density at radius 3 is 2.42 bits per heavy atom. The predicted octanol–water partition coefficient (Wildman–Crippen LogP) is 4.38. The number of amides is 1. The van der Waals surface area contributed by atoms with E-state index >= 15 is 0 Å². The largest absolute Gasteiger partial charge is 0.494 e. The molecule has 0 aliphatic carbocycles. The summed E-state index contributed by atoms with van der Waals surface area (Å²) in [5, 5.41) is 2.48. The zero-order chi connectivity index (χ0) is 18.3. The molecule has 0 aliphatic heterocycles. The van der Waals surface area contributed by atoms with E-state index < -0.39 is 11.7 Å². The second kappa shape index (κ2) is 10.0. The second-order valence-electron chi connectivity index (χ2n) is 5.43.